The van der Waals surface area contributed by atoms with Gasteiger partial charge in [0, 0.05) is 14.1 Å². The van der Waals surface area contributed by atoms with E-state index in [2.05, 4.69) is 15.5 Å². The molecular weight excluding hydrogens is 284 g/mol. The highest BCUT2D eigenvalue weighted by Gasteiger charge is 2.21. The first-order valence-electron chi connectivity index (χ1n) is 5.65. The maximum atomic E-state index is 12.1. The van der Waals surface area contributed by atoms with E-state index in [0.29, 0.717) is 5.69 Å². The van der Waals surface area contributed by atoms with Crippen LogP contribution in [0.2, 0.25) is 5.02 Å². The Morgan fingerprint density at radius 2 is 2.00 bits per heavy atom. The summed E-state index contributed by atoms with van der Waals surface area (Å²) in [5.74, 6) is -1.22. The van der Waals surface area contributed by atoms with E-state index >= 15 is 0 Å². The van der Waals surface area contributed by atoms with Gasteiger partial charge in [-0.25, -0.2) is 0 Å². The molecule has 2 rings (SSSR count). The average Bonchev–Trinajstić information content (AvgIpc) is 2.85. The van der Waals surface area contributed by atoms with E-state index in [4.69, 9.17) is 17.3 Å². The predicted octanol–water partition coefficient (Wildman–Crippen LogP) is 0.467. The second-order valence-electron chi connectivity index (χ2n) is 4.22. The van der Waals surface area contributed by atoms with Gasteiger partial charge in [0.2, 0.25) is 0 Å². The zero-order valence-corrected chi connectivity index (χ0v) is 11.9. The predicted molar refractivity (Wildman–Crippen MR) is 72.6 cm³/mol. The zero-order chi connectivity index (χ0) is 15.0. The summed E-state index contributed by atoms with van der Waals surface area (Å²) < 4.78 is 2.78. The number of carbonyl (C=O) groups excluding carboxylic acids is 2. The number of nitrogens with one attached hydrogen (secondary N) is 1. The van der Waals surface area contributed by atoms with Crippen LogP contribution in [0.15, 0.2) is 6.20 Å². The van der Waals surface area contributed by atoms with Crippen LogP contribution in [0.3, 0.4) is 0 Å². The van der Waals surface area contributed by atoms with E-state index in [0.717, 1.165) is 0 Å². The molecule has 0 atom stereocenters. The minimum atomic E-state index is -0.691. The molecule has 0 saturated heterocycles. The third-order valence-corrected chi connectivity index (χ3v) is 3.35. The molecule has 9 heteroatoms. The monoisotopic (exact) mass is 296 g/mol. The second kappa shape index (κ2) is 4.97. The Bertz CT molecular complexity index is 702. The van der Waals surface area contributed by atoms with E-state index in [1.165, 1.54) is 15.6 Å². The first-order valence-corrected chi connectivity index (χ1v) is 6.03. The van der Waals surface area contributed by atoms with Crippen LogP contribution >= 0.6 is 11.6 Å². The third-order valence-electron chi connectivity index (χ3n) is 2.90. The molecule has 2 amide bonds. The molecule has 0 spiro atoms. The lowest BCUT2D eigenvalue weighted by molar-refractivity contribution is 0.0992. The van der Waals surface area contributed by atoms with Gasteiger partial charge < -0.3 is 11.1 Å². The van der Waals surface area contributed by atoms with Crippen LogP contribution in [-0.4, -0.2) is 31.4 Å². The summed E-state index contributed by atoms with van der Waals surface area (Å²) in [6, 6.07) is 0. The minimum Gasteiger partial charge on any atom is -0.364 e. The molecule has 0 aliphatic carbocycles. The van der Waals surface area contributed by atoms with Crippen LogP contribution in [0.1, 0.15) is 26.7 Å². The van der Waals surface area contributed by atoms with E-state index in [-0.39, 0.29) is 22.1 Å². The lowest BCUT2D eigenvalue weighted by Gasteiger charge is -2.03. The van der Waals surface area contributed by atoms with Gasteiger partial charge in [0.25, 0.3) is 11.8 Å². The number of primary amides is 1. The highest BCUT2D eigenvalue weighted by atomic mass is 35.5. The van der Waals surface area contributed by atoms with E-state index < -0.39 is 11.8 Å². The minimum absolute atomic E-state index is 0.0749. The Labute approximate surface area is 119 Å². The molecule has 2 aromatic rings. The topological polar surface area (TPSA) is 108 Å². The zero-order valence-electron chi connectivity index (χ0n) is 11.1. The van der Waals surface area contributed by atoms with E-state index in [9.17, 15) is 9.59 Å². The van der Waals surface area contributed by atoms with Gasteiger partial charge in [0.05, 0.1) is 22.6 Å². The summed E-state index contributed by atoms with van der Waals surface area (Å²) >= 11 is 6.03. The van der Waals surface area contributed by atoms with E-state index in [1.807, 2.05) is 0 Å². The number of halogens is 1. The van der Waals surface area contributed by atoms with Crippen molar-refractivity contribution in [1.29, 1.82) is 0 Å². The molecule has 20 heavy (non-hydrogen) atoms. The summed E-state index contributed by atoms with van der Waals surface area (Å²) in [5.41, 5.74) is 6.29. The van der Waals surface area contributed by atoms with Crippen molar-refractivity contribution in [3.63, 3.8) is 0 Å². The van der Waals surface area contributed by atoms with Crippen molar-refractivity contribution >= 4 is 29.1 Å². The molecule has 2 heterocycles. The number of hydrogen-bond acceptors (Lipinski definition) is 4. The molecule has 0 aromatic carbocycles. The molecule has 0 saturated carbocycles. The van der Waals surface area contributed by atoms with Crippen molar-refractivity contribution in [2.75, 3.05) is 5.32 Å². The molecule has 0 bridgehead atoms. The highest BCUT2D eigenvalue weighted by molar-refractivity contribution is 6.34. The summed E-state index contributed by atoms with van der Waals surface area (Å²) in [5, 5.41) is 10.7. The van der Waals surface area contributed by atoms with Crippen molar-refractivity contribution in [2.45, 2.75) is 6.92 Å². The molecular formula is C11H13ClN6O2. The van der Waals surface area contributed by atoms with Crippen molar-refractivity contribution in [2.24, 2.45) is 19.8 Å². The van der Waals surface area contributed by atoms with Gasteiger partial charge in [0.1, 0.15) is 5.69 Å². The van der Waals surface area contributed by atoms with Crippen LogP contribution < -0.4 is 11.1 Å². The van der Waals surface area contributed by atoms with Gasteiger partial charge >= 0.3 is 0 Å². The van der Waals surface area contributed by atoms with Crippen LogP contribution in [0, 0.1) is 6.92 Å². The number of nitrogens with zero attached hydrogens (tertiary/aromatic N) is 4. The van der Waals surface area contributed by atoms with Crippen molar-refractivity contribution in [3.05, 3.63) is 28.3 Å². The molecule has 0 radical (unpaired) electrons. The Balaban J connectivity index is 2.33. The number of aromatic nitrogens is 4. The van der Waals surface area contributed by atoms with E-state index in [1.54, 1.807) is 21.0 Å². The maximum absolute atomic E-state index is 12.1. The van der Waals surface area contributed by atoms with Crippen molar-refractivity contribution < 1.29 is 9.59 Å². The number of carbonyl (C=O) groups is 2. The number of hydrogen-bond donors (Lipinski definition) is 2. The summed E-state index contributed by atoms with van der Waals surface area (Å²) in [7, 11) is 3.23. The quantitative estimate of drug-likeness (QED) is 0.858. The fraction of sp³-hybridized carbons (Fsp3) is 0.273. The Morgan fingerprint density at radius 1 is 1.35 bits per heavy atom. The number of anilines is 1. The van der Waals surface area contributed by atoms with Gasteiger partial charge in [-0.15, -0.1) is 0 Å². The van der Waals surface area contributed by atoms with Gasteiger partial charge in [-0.3, -0.25) is 19.0 Å². The molecule has 0 unspecified atom stereocenters. The number of aryl methyl sites for hydroxylation is 2. The van der Waals surface area contributed by atoms with Crippen LogP contribution in [0.4, 0.5) is 5.69 Å². The number of amides is 2. The molecule has 3 N–H and O–H groups in total. The van der Waals surface area contributed by atoms with Gasteiger partial charge in [0.15, 0.2) is 5.69 Å². The largest absolute Gasteiger partial charge is 0.364 e. The summed E-state index contributed by atoms with van der Waals surface area (Å²) in [4.78, 5) is 23.4. The van der Waals surface area contributed by atoms with Crippen molar-refractivity contribution in [1.82, 2.24) is 19.6 Å². The highest BCUT2D eigenvalue weighted by Crippen LogP contribution is 2.21. The van der Waals surface area contributed by atoms with Gasteiger partial charge in [-0.1, -0.05) is 11.6 Å². The van der Waals surface area contributed by atoms with Crippen LogP contribution in [-0.2, 0) is 14.1 Å². The fourth-order valence-corrected chi connectivity index (χ4v) is 1.98. The Morgan fingerprint density at radius 3 is 2.50 bits per heavy atom. The van der Waals surface area contributed by atoms with Gasteiger partial charge in [-0.2, -0.15) is 10.2 Å². The fourth-order valence-electron chi connectivity index (χ4n) is 1.73. The SMILES string of the molecule is Cc1c(Cl)c(C(=O)Nc2cnn(C)c2C(N)=O)nn1C. The standard InChI is InChI=1S/C11H13ClN6O2/c1-5-7(12)8(16-17(5)2)11(20)15-6-4-14-18(3)9(6)10(13)19/h4H,1-3H3,(H2,13,19)(H,15,20). The smallest absolute Gasteiger partial charge is 0.277 e. The van der Waals surface area contributed by atoms with Gasteiger partial charge in [-0.05, 0) is 6.92 Å². The summed E-state index contributed by atoms with van der Waals surface area (Å²) in [6.07, 6.45) is 1.34. The molecule has 8 nitrogen and oxygen atoms in total. The molecule has 0 aliphatic rings. The second-order valence-corrected chi connectivity index (χ2v) is 4.60. The number of rotatable bonds is 3. The Kier molecular flexibility index (Phi) is 3.49. The third kappa shape index (κ3) is 2.25. The normalized spacial score (nSPS) is 10.6. The molecule has 106 valence electrons. The number of nitrogens with two attached hydrogens (primary N) is 1. The molecule has 0 fully saturated rings. The lowest BCUT2D eigenvalue weighted by Crippen LogP contribution is -2.20. The average molecular weight is 297 g/mol. The molecule has 0 aliphatic heterocycles. The van der Waals surface area contributed by atoms with Crippen LogP contribution in [0.25, 0.3) is 0 Å². The first kappa shape index (κ1) is 14.1. The van der Waals surface area contributed by atoms with Crippen LogP contribution in [0.5, 0.6) is 0 Å². The molecule has 2 aromatic heterocycles. The Hall–Kier alpha value is -2.35. The lowest BCUT2D eigenvalue weighted by atomic mass is 10.3. The maximum Gasteiger partial charge on any atom is 0.277 e. The first-order chi connectivity index (χ1) is 9.32. The van der Waals surface area contributed by atoms with Crippen molar-refractivity contribution in [3.8, 4) is 0 Å². The summed E-state index contributed by atoms with van der Waals surface area (Å²) in [6.45, 7) is 1.74.